The van der Waals surface area contributed by atoms with Crippen molar-refractivity contribution in [1.82, 2.24) is 6.15 Å². The third kappa shape index (κ3) is 7.23. The maximum Gasteiger partial charge on any atom is 0.448 e. The molecule has 4 N–H and O–H groups in total. The van der Waals surface area contributed by atoms with Gasteiger partial charge in [0.2, 0.25) is 0 Å². The molecule has 0 aliphatic carbocycles. The van der Waals surface area contributed by atoms with Crippen LogP contribution in [0.15, 0.2) is 0 Å². The Kier molecular flexibility index (Phi) is 5.03. The minimum atomic E-state index is -4.62. The van der Waals surface area contributed by atoms with Crippen LogP contribution in [0.2, 0.25) is 0 Å². The van der Waals surface area contributed by atoms with Crippen LogP contribution in [-0.2, 0) is 19.4 Å². The van der Waals surface area contributed by atoms with Gasteiger partial charge in [-0.15, -0.1) is 0 Å². The quantitative estimate of drug-likeness (QED) is 0.591. The van der Waals surface area contributed by atoms with Crippen molar-refractivity contribution in [2.75, 3.05) is 0 Å². The van der Waals surface area contributed by atoms with E-state index >= 15 is 0 Å². The van der Waals surface area contributed by atoms with E-state index in [9.17, 15) is 13.2 Å². The van der Waals surface area contributed by atoms with Gasteiger partial charge in [-0.2, -0.15) is 8.42 Å². The van der Waals surface area contributed by atoms with Crippen LogP contribution in [0, 0.1) is 5.92 Å². The van der Waals surface area contributed by atoms with Gasteiger partial charge in [0, 0.05) is 0 Å². The zero-order chi connectivity index (χ0) is 8.36. The lowest BCUT2D eigenvalue weighted by molar-refractivity contribution is -0.137. The van der Waals surface area contributed by atoms with E-state index in [1.807, 2.05) is 0 Å². The van der Waals surface area contributed by atoms with Gasteiger partial charge in [0.25, 0.3) is 0 Å². The predicted octanol–water partition coefficient (Wildman–Crippen LogP) is 0.150. The topological polar surface area (TPSA) is 116 Å². The van der Waals surface area contributed by atoms with Crippen LogP contribution in [0.5, 0.6) is 0 Å². The van der Waals surface area contributed by atoms with Gasteiger partial charge in [-0.25, -0.2) is 0 Å². The molecule has 0 unspecified atom stereocenters. The standard InChI is InChI=1S/C4H8O5S.H3N/c1-3(2)4(5)9-10(6,7)8;/h3H,1-2H3,(H,6,7,8);1H3. The van der Waals surface area contributed by atoms with Crippen LogP contribution in [-0.4, -0.2) is 18.9 Å². The second kappa shape index (κ2) is 4.27. The summed E-state index contributed by atoms with van der Waals surface area (Å²) in [5.41, 5.74) is 0. The van der Waals surface area contributed by atoms with Crippen LogP contribution >= 0.6 is 0 Å². The van der Waals surface area contributed by atoms with E-state index in [0.29, 0.717) is 0 Å². The van der Waals surface area contributed by atoms with Gasteiger partial charge >= 0.3 is 16.4 Å². The number of rotatable bonds is 2. The van der Waals surface area contributed by atoms with Gasteiger partial charge in [0.1, 0.15) is 0 Å². The molecule has 0 aliphatic rings. The Morgan fingerprint density at radius 2 is 1.82 bits per heavy atom. The average Bonchev–Trinajstić information content (AvgIpc) is 1.60. The third-order valence-electron chi connectivity index (χ3n) is 0.659. The summed E-state index contributed by atoms with van der Waals surface area (Å²) in [6, 6.07) is 0. The van der Waals surface area contributed by atoms with E-state index in [2.05, 4.69) is 4.18 Å². The molecule has 0 spiro atoms. The molecule has 0 atom stereocenters. The lowest BCUT2D eigenvalue weighted by atomic mass is 10.2. The predicted molar refractivity (Wildman–Crippen MR) is 37.5 cm³/mol. The third-order valence-corrected chi connectivity index (χ3v) is 1.03. The van der Waals surface area contributed by atoms with E-state index in [1.165, 1.54) is 13.8 Å². The number of carbonyl (C=O) groups is 1. The smallest absolute Gasteiger partial charge is 0.344 e. The summed E-state index contributed by atoms with van der Waals surface area (Å²) in [6.45, 7) is 2.90. The van der Waals surface area contributed by atoms with Crippen molar-refractivity contribution < 1.29 is 21.9 Å². The molecule has 0 bridgehead atoms. The minimum Gasteiger partial charge on any atom is -0.344 e. The van der Waals surface area contributed by atoms with E-state index in [-0.39, 0.29) is 6.15 Å². The fourth-order valence-electron chi connectivity index (χ4n) is 0.200. The zero-order valence-electron chi connectivity index (χ0n) is 6.27. The van der Waals surface area contributed by atoms with Crippen LogP contribution in [0.3, 0.4) is 0 Å². The van der Waals surface area contributed by atoms with Crippen molar-refractivity contribution in [3.05, 3.63) is 0 Å². The molecule has 0 saturated carbocycles. The molecule has 0 saturated heterocycles. The number of hydrogen-bond acceptors (Lipinski definition) is 5. The highest BCUT2D eigenvalue weighted by Gasteiger charge is 2.15. The van der Waals surface area contributed by atoms with Gasteiger partial charge in [-0.05, 0) is 0 Å². The van der Waals surface area contributed by atoms with Crippen molar-refractivity contribution in [2.45, 2.75) is 13.8 Å². The Hall–Kier alpha value is -0.660. The molecule has 0 aliphatic heterocycles. The highest BCUT2D eigenvalue weighted by atomic mass is 32.3. The highest BCUT2D eigenvalue weighted by molar-refractivity contribution is 7.81. The fraction of sp³-hybridized carbons (Fsp3) is 0.750. The lowest BCUT2D eigenvalue weighted by Crippen LogP contribution is -2.16. The molecule has 0 rings (SSSR count). The molecule has 68 valence electrons. The van der Waals surface area contributed by atoms with Crippen molar-refractivity contribution >= 4 is 16.4 Å². The average molecular weight is 185 g/mol. The van der Waals surface area contributed by atoms with Crippen LogP contribution < -0.4 is 6.15 Å². The van der Waals surface area contributed by atoms with E-state index in [0.717, 1.165) is 0 Å². The van der Waals surface area contributed by atoms with E-state index < -0.39 is 22.3 Å². The van der Waals surface area contributed by atoms with Gasteiger partial charge in [0.15, 0.2) is 0 Å². The van der Waals surface area contributed by atoms with Gasteiger partial charge in [-0.3, -0.25) is 9.35 Å². The van der Waals surface area contributed by atoms with Crippen molar-refractivity contribution in [3.63, 3.8) is 0 Å². The molecule has 0 heterocycles. The molecule has 0 aromatic heterocycles. The Morgan fingerprint density at radius 1 is 1.45 bits per heavy atom. The SMILES string of the molecule is CC(C)C(=O)OS(=O)(=O)O.N. The summed E-state index contributed by atoms with van der Waals surface area (Å²) < 4.78 is 31.3. The minimum absolute atomic E-state index is 0. The fourth-order valence-corrected chi connectivity index (χ4v) is 0.600. The largest absolute Gasteiger partial charge is 0.448 e. The summed E-state index contributed by atoms with van der Waals surface area (Å²) in [6.07, 6.45) is 0. The molecule has 0 amide bonds. The number of hydrogen-bond donors (Lipinski definition) is 2. The normalized spacial score (nSPS) is 10.5. The summed E-state index contributed by atoms with van der Waals surface area (Å²) in [5, 5.41) is 0. The monoisotopic (exact) mass is 185 g/mol. The molecule has 7 heteroatoms. The lowest BCUT2D eigenvalue weighted by Gasteiger charge is -2.00. The van der Waals surface area contributed by atoms with Crippen LogP contribution in [0.4, 0.5) is 0 Å². The van der Waals surface area contributed by atoms with Gasteiger partial charge in [-0.1, -0.05) is 13.8 Å². The first kappa shape index (κ1) is 13.0. The van der Waals surface area contributed by atoms with E-state index in [1.54, 1.807) is 0 Å². The number of carbonyl (C=O) groups excluding carboxylic acids is 1. The van der Waals surface area contributed by atoms with Crippen LogP contribution in [0.25, 0.3) is 0 Å². The molecular weight excluding hydrogens is 174 g/mol. The Morgan fingerprint density at radius 3 is 1.91 bits per heavy atom. The van der Waals surface area contributed by atoms with Crippen molar-refractivity contribution in [3.8, 4) is 0 Å². The first-order chi connectivity index (χ1) is 4.33. The molecule has 11 heavy (non-hydrogen) atoms. The summed E-state index contributed by atoms with van der Waals surface area (Å²) in [7, 11) is -4.62. The Bertz CT molecular complexity index is 219. The maximum atomic E-state index is 10.4. The first-order valence-electron chi connectivity index (χ1n) is 2.53. The maximum absolute atomic E-state index is 10.4. The van der Waals surface area contributed by atoms with Crippen LogP contribution in [0.1, 0.15) is 13.8 Å². The summed E-state index contributed by atoms with van der Waals surface area (Å²) in [5.74, 6) is -1.54. The molecule has 6 nitrogen and oxygen atoms in total. The van der Waals surface area contributed by atoms with Crippen molar-refractivity contribution in [1.29, 1.82) is 0 Å². The zero-order valence-corrected chi connectivity index (χ0v) is 7.09. The summed E-state index contributed by atoms with van der Waals surface area (Å²) in [4.78, 5) is 10.4. The highest BCUT2D eigenvalue weighted by Crippen LogP contribution is 1.98. The molecular formula is C4H11NO5S. The molecule has 0 aromatic rings. The van der Waals surface area contributed by atoms with E-state index in [4.69, 9.17) is 4.55 Å². The summed E-state index contributed by atoms with van der Waals surface area (Å²) >= 11 is 0. The molecule has 0 aromatic carbocycles. The Labute approximate surface area is 65.1 Å². The molecule has 0 radical (unpaired) electrons. The molecule has 0 fully saturated rings. The second-order valence-electron chi connectivity index (χ2n) is 1.98. The Balaban J connectivity index is 0. The second-order valence-corrected chi connectivity index (χ2v) is 3.01. The van der Waals surface area contributed by atoms with Gasteiger partial charge in [0.05, 0.1) is 5.92 Å². The first-order valence-corrected chi connectivity index (χ1v) is 3.90. The van der Waals surface area contributed by atoms with Crippen molar-refractivity contribution in [2.24, 2.45) is 5.92 Å². The van der Waals surface area contributed by atoms with Gasteiger partial charge < -0.3 is 10.3 Å².